The van der Waals surface area contributed by atoms with Gasteiger partial charge in [-0.15, -0.1) is 0 Å². The smallest absolute Gasteiger partial charge is 0.123 e. The highest BCUT2D eigenvalue weighted by Gasteiger charge is 2.09. The molecule has 0 N–H and O–H groups in total. The zero-order valence-corrected chi connectivity index (χ0v) is 9.06. The zero-order valence-electron chi connectivity index (χ0n) is 8.30. The summed E-state index contributed by atoms with van der Waals surface area (Å²) in [6.45, 7) is 4.35. The molecule has 1 aromatic carbocycles. The Kier molecular flexibility index (Phi) is 3.61. The van der Waals surface area contributed by atoms with Gasteiger partial charge < -0.3 is 4.74 Å². The highest BCUT2D eigenvalue weighted by Crippen LogP contribution is 2.30. The number of ether oxygens (including phenoxy) is 1. The van der Waals surface area contributed by atoms with Crippen molar-refractivity contribution in [3.05, 3.63) is 28.8 Å². The second kappa shape index (κ2) is 4.52. The summed E-state index contributed by atoms with van der Waals surface area (Å²) in [4.78, 5) is 0. The highest BCUT2D eigenvalue weighted by molar-refractivity contribution is 6.30. The molecule has 13 heavy (non-hydrogen) atoms. The van der Waals surface area contributed by atoms with Gasteiger partial charge in [-0.25, -0.2) is 0 Å². The van der Waals surface area contributed by atoms with Crippen LogP contribution in [0.5, 0.6) is 5.75 Å². The van der Waals surface area contributed by atoms with Gasteiger partial charge in [0.25, 0.3) is 0 Å². The number of methoxy groups -OCH3 is 1. The summed E-state index contributed by atoms with van der Waals surface area (Å²) in [6.07, 6.45) is 1.11. The van der Waals surface area contributed by atoms with Gasteiger partial charge in [-0.05, 0) is 30.0 Å². The van der Waals surface area contributed by atoms with Gasteiger partial charge >= 0.3 is 0 Å². The van der Waals surface area contributed by atoms with Gasteiger partial charge in [0.15, 0.2) is 0 Å². The molecule has 0 aliphatic carbocycles. The summed E-state index contributed by atoms with van der Waals surface area (Å²) in [5, 5.41) is 0.726. The van der Waals surface area contributed by atoms with Gasteiger partial charge in [0.2, 0.25) is 0 Å². The van der Waals surface area contributed by atoms with Crippen LogP contribution >= 0.6 is 11.6 Å². The van der Waals surface area contributed by atoms with Crippen molar-refractivity contribution in [1.82, 2.24) is 0 Å². The number of benzene rings is 1. The standard InChI is InChI=1S/C11H15ClO/c1-4-8(2)10-6-5-9(12)7-11(10)13-3/h5-8H,4H2,1-3H3. The van der Waals surface area contributed by atoms with Crippen LogP contribution in [0.4, 0.5) is 0 Å². The topological polar surface area (TPSA) is 9.23 Å². The molecule has 0 saturated heterocycles. The van der Waals surface area contributed by atoms with Crippen LogP contribution in [-0.2, 0) is 0 Å². The molecule has 1 rings (SSSR count). The number of hydrogen-bond donors (Lipinski definition) is 0. The lowest BCUT2D eigenvalue weighted by atomic mass is 9.98. The first kappa shape index (κ1) is 10.4. The molecule has 0 spiro atoms. The van der Waals surface area contributed by atoms with E-state index in [0.29, 0.717) is 5.92 Å². The molecule has 1 atom stereocenters. The lowest BCUT2D eigenvalue weighted by Crippen LogP contribution is -1.96. The van der Waals surface area contributed by atoms with E-state index >= 15 is 0 Å². The van der Waals surface area contributed by atoms with Crippen molar-refractivity contribution in [2.24, 2.45) is 0 Å². The SMILES string of the molecule is CCC(C)c1ccc(Cl)cc1OC. The van der Waals surface area contributed by atoms with Crippen LogP contribution in [0.25, 0.3) is 0 Å². The average Bonchev–Trinajstić information content (AvgIpc) is 2.16. The first-order valence-corrected chi connectivity index (χ1v) is 4.90. The first-order valence-electron chi connectivity index (χ1n) is 4.52. The quantitative estimate of drug-likeness (QED) is 0.717. The summed E-state index contributed by atoms with van der Waals surface area (Å²) >= 11 is 5.86. The molecule has 0 heterocycles. The zero-order chi connectivity index (χ0) is 9.84. The number of hydrogen-bond acceptors (Lipinski definition) is 1. The summed E-state index contributed by atoms with van der Waals surface area (Å²) < 4.78 is 5.26. The monoisotopic (exact) mass is 198 g/mol. The number of rotatable bonds is 3. The molecule has 0 aliphatic rings. The molecule has 2 heteroatoms. The molecule has 0 amide bonds. The predicted molar refractivity (Wildman–Crippen MR) is 56.7 cm³/mol. The van der Waals surface area contributed by atoms with Crippen LogP contribution < -0.4 is 4.74 Å². The maximum absolute atomic E-state index is 5.86. The normalized spacial score (nSPS) is 12.6. The molecular weight excluding hydrogens is 184 g/mol. The molecule has 0 bridgehead atoms. The molecular formula is C11H15ClO. The second-order valence-corrected chi connectivity index (χ2v) is 3.63. The largest absolute Gasteiger partial charge is 0.496 e. The van der Waals surface area contributed by atoms with Crippen molar-refractivity contribution in [2.75, 3.05) is 7.11 Å². The van der Waals surface area contributed by atoms with Gasteiger partial charge in [-0.2, -0.15) is 0 Å². The molecule has 0 aromatic heterocycles. The molecule has 0 fully saturated rings. The Morgan fingerprint density at radius 2 is 2.15 bits per heavy atom. The van der Waals surface area contributed by atoms with Gasteiger partial charge in [0, 0.05) is 5.02 Å². The van der Waals surface area contributed by atoms with Crippen LogP contribution in [-0.4, -0.2) is 7.11 Å². The molecule has 0 saturated carbocycles. The van der Waals surface area contributed by atoms with Crippen molar-refractivity contribution in [2.45, 2.75) is 26.2 Å². The molecule has 1 nitrogen and oxygen atoms in total. The molecule has 0 aliphatic heterocycles. The van der Waals surface area contributed by atoms with Crippen LogP contribution in [0.15, 0.2) is 18.2 Å². The maximum Gasteiger partial charge on any atom is 0.123 e. The fourth-order valence-electron chi connectivity index (χ4n) is 1.31. The highest BCUT2D eigenvalue weighted by atomic mass is 35.5. The van der Waals surface area contributed by atoms with E-state index in [9.17, 15) is 0 Å². The predicted octanol–water partition coefficient (Wildman–Crippen LogP) is 3.86. The fourth-order valence-corrected chi connectivity index (χ4v) is 1.47. The summed E-state index contributed by atoms with van der Waals surface area (Å²) in [5.41, 5.74) is 1.23. The van der Waals surface area contributed by atoms with Crippen molar-refractivity contribution in [1.29, 1.82) is 0 Å². The van der Waals surface area contributed by atoms with Crippen molar-refractivity contribution in [3.63, 3.8) is 0 Å². The average molecular weight is 199 g/mol. The van der Waals surface area contributed by atoms with Crippen LogP contribution in [0, 0.1) is 0 Å². The third kappa shape index (κ3) is 2.38. The first-order chi connectivity index (χ1) is 6.19. The molecule has 1 unspecified atom stereocenters. The third-order valence-electron chi connectivity index (χ3n) is 2.34. The summed E-state index contributed by atoms with van der Waals surface area (Å²) in [6, 6.07) is 5.81. The van der Waals surface area contributed by atoms with E-state index in [2.05, 4.69) is 13.8 Å². The van der Waals surface area contributed by atoms with E-state index in [0.717, 1.165) is 17.2 Å². The van der Waals surface area contributed by atoms with Crippen LogP contribution in [0.1, 0.15) is 31.7 Å². The van der Waals surface area contributed by atoms with Gasteiger partial charge in [-0.3, -0.25) is 0 Å². The van der Waals surface area contributed by atoms with Crippen molar-refractivity contribution >= 4 is 11.6 Å². The molecule has 1 aromatic rings. The Balaban J connectivity index is 3.05. The van der Waals surface area contributed by atoms with Crippen molar-refractivity contribution in [3.8, 4) is 5.75 Å². The van der Waals surface area contributed by atoms with E-state index in [4.69, 9.17) is 16.3 Å². The molecule has 72 valence electrons. The maximum atomic E-state index is 5.86. The van der Waals surface area contributed by atoms with E-state index in [-0.39, 0.29) is 0 Å². The second-order valence-electron chi connectivity index (χ2n) is 3.20. The van der Waals surface area contributed by atoms with E-state index in [1.54, 1.807) is 7.11 Å². The fraction of sp³-hybridized carbons (Fsp3) is 0.455. The van der Waals surface area contributed by atoms with Gasteiger partial charge in [0.1, 0.15) is 5.75 Å². The Morgan fingerprint density at radius 1 is 1.46 bits per heavy atom. The van der Waals surface area contributed by atoms with Crippen LogP contribution in [0.3, 0.4) is 0 Å². The lowest BCUT2D eigenvalue weighted by molar-refractivity contribution is 0.406. The Morgan fingerprint density at radius 3 is 2.69 bits per heavy atom. The minimum Gasteiger partial charge on any atom is -0.496 e. The molecule has 0 radical (unpaired) electrons. The summed E-state index contributed by atoms with van der Waals surface area (Å²) in [5.74, 6) is 1.41. The van der Waals surface area contributed by atoms with E-state index in [1.165, 1.54) is 5.56 Å². The van der Waals surface area contributed by atoms with Crippen LogP contribution in [0.2, 0.25) is 5.02 Å². The summed E-state index contributed by atoms with van der Waals surface area (Å²) in [7, 11) is 1.68. The van der Waals surface area contributed by atoms with E-state index < -0.39 is 0 Å². The lowest BCUT2D eigenvalue weighted by Gasteiger charge is -2.13. The minimum atomic E-state index is 0.521. The third-order valence-corrected chi connectivity index (χ3v) is 2.57. The minimum absolute atomic E-state index is 0.521. The Labute approximate surface area is 84.7 Å². The van der Waals surface area contributed by atoms with Gasteiger partial charge in [0.05, 0.1) is 7.11 Å². The Hall–Kier alpha value is -0.690. The number of halogens is 1. The van der Waals surface area contributed by atoms with E-state index in [1.807, 2.05) is 18.2 Å². The Bertz CT molecular complexity index is 283. The van der Waals surface area contributed by atoms with Crippen molar-refractivity contribution < 1.29 is 4.74 Å². The van der Waals surface area contributed by atoms with Gasteiger partial charge in [-0.1, -0.05) is 31.5 Å².